The van der Waals surface area contributed by atoms with Gasteiger partial charge in [-0.05, 0) is 42.6 Å². The zero-order valence-electron chi connectivity index (χ0n) is 11.2. The van der Waals surface area contributed by atoms with Crippen LogP contribution in [0.5, 0.6) is 0 Å². The summed E-state index contributed by atoms with van der Waals surface area (Å²) in [5, 5.41) is 0. The largest absolute Gasteiger partial charge is 0.0628 e. The van der Waals surface area contributed by atoms with Crippen molar-refractivity contribution in [2.45, 2.75) is 47.0 Å². The minimum absolute atomic E-state index is 0.767. The molecule has 89 valence electrons. The molecule has 1 atom stereocenters. The van der Waals surface area contributed by atoms with Gasteiger partial charge in [-0.3, -0.25) is 0 Å². The molecule has 1 unspecified atom stereocenters. The Labute approximate surface area is 101 Å². The van der Waals surface area contributed by atoms with E-state index in [4.69, 9.17) is 0 Å². The van der Waals surface area contributed by atoms with Gasteiger partial charge in [0, 0.05) is 0 Å². The summed E-state index contributed by atoms with van der Waals surface area (Å²) < 4.78 is 0. The molecule has 16 heavy (non-hydrogen) atoms. The molecule has 0 aliphatic carbocycles. The first kappa shape index (κ1) is 13.3. The molecule has 1 aromatic rings. The Morgan fingerprint density at radius 1 is 1.06 bits per heavy atom. The summed E-state index contributed by atoms with van der Waals surface area (Å²) >= 11 is 0. The molecule has 0 saturated heterocycles. The molecule has 0 fully saturated rings. The fraction of sp³-hybridized carbons (Fsp3) is 0.562. The minimum atomic E-state index is 0.767. The van der Waals surface area contributed by atoms with E-state index in [9.17, 15) is 0 Å². The van der Waals surface area contributed by atoms with E-state index in [0.29, 0.717) is 0 Å². The van der Waals surface area contributed by atoms with E-state index >= 15 is 0 Å². The summed E-state index contributed by atoms with van der Waals surface area (Å²) in [6.45, 7) is 9.29. The van der Waals surface area contributed by atoms with E-state index in [1.165, 1.54) is 24.8 Å². The zero-order valence-corrected chi connectivity index (χ0v) is 11.2. The van der Waals surface area contributed by atoms with Crippen LogP contribution in [0, 0.1) is 17.8 Å². The Balaban J connectivity index is 2.32. The maximum Gasteiger partial charge on any atom is -0.0240 e. The van der Waals surface area contributed by atoms with Crippen molar-refractivity contribution in [3.8, 4) is 0 Å². The normalized spacial score (nSPS) is 13.4. The fourth-order valence-corrected chi connectivity index (χ4v) is 2.14. The molecule has 1 radical (unpaired) electrons. The number of aryl methyl sites for hydroxylation is 1. The summed E-state index contributed by atoms with van der Waals surface area (Å²) in [5.41, 5.74) is 1.46. The number of hydrogen-bond donors (Lipinski definition) is 0. The lowest BCUT2D eigenvalue weighted by molar-refractivity contribution is 0.435. The quantitative estimate of drug-likeness (QED) is 0.636. The minimum Gasteiger partial charge on any atom is -0.0628 e. The molecule has 0 amide bonds. The average Bonchev–Trinajstić information content (AvgIpc) is 2.26. The highest BCUT2D eigenvalue weighted by molar-refractivity contribution is 5.15. The van der Waals surface area contributed by atoms with Crippen molar-refractivity contribution in [2.24, 2.45) is 11.8 Å². The van der Waals surface area contributed by atoms with Crippen molar-refractivity contribution in [3.05, 3.63) is 41.8 Å². The molecule has 0 heterocycles. The van der Waals surface area contributed by atoms with Crippen molar-refractivity contribution < 1.29 is 0 Å². The Kier molecular flexibility index (Phi) is 5.59. The van der Waals surface area contributed by atoms with Crippen LogP contribution in [0.25, 0.3) is 0 Å². The lowest BCUT2D eigenvalue weighted by Crippen LogP contribution is -2.09. The smallest absolute Gasteiger partial charge is 0.0240 e. The maximum absolute atomic E-state index is 2.36. The fourth-order valence-electron chi connectivity index (χ4n) is 2.14. The van der Waals surface area contributed by atoms with Crippen LogP contribution < -0.4 is 0 Å². The summed E-state index contributed by atoms with van der Waals surface area (Å²) in [6.07, 6.45) is 3.74. The maximum atomic E-state index is 2.36. The van der Waals surface area contributed by atoms with Crippen LogP contribution in [0.1, 0.15) is 46.1 Å². The molecule has 0 saturated carbocycles. The van der Waals surface area contributed by atoms with Gasteiger partial charge in [0.05, 0.1) is 0 Å². The van der Waals surface area contributed by atoms with Crippen LogP contribution in [-0.2, 0) is 6.42 Å². The third-order valence-electron chi connectivity index (χ3n) is 3.32. The van der Waals surface area contributed by atoms with Gasteiger partial charge in [-0.2, -0.15) is 0 Å². The van der Waals surface area contributed by atoms with Crippen molar-refractivity contribution in [1.82, 2.24) is 0 Å². The lowest BCUT2D eigenvalue weighted by Gasteiger charge is -2.21. The van der Waals surface area contributed by atoms with Gasteiger partial charge in [-0.1, -0.05) is 58.0 Å². The van der Waals surface area contributed by atoms with Crippen LogP contribution in [0.4, 0.5) is 0 Å². The molecule has 0 bridgehead atoms. The predicted octanol–water partition coefficient (Wildman–Crippen LogP) is 4.90. The van der Waals surface area contributed by atoms with Gasteiger partial charge in [0.1, 0.15) is 0 Å². The molecule has 0 spiro atoms. The van der Waals surface area contributed by atoms with Crippen molar-refractivity contribution >= 4 is 0 Å². The zero-order chi connectivity index (χ0) is 12.0. The van der Waals surface area contributed by atoms with E-state index < -0.39 is 0 Å². The summed E-state index contributed by atoms with van der Waals surface area (Å²) in [4.78, 5) is 0. The van der Waals surface area contributed by atoms with Crippen molar-refractivity contribution in [1.29, 1.82) is 0 Å². The summed E-state index contributed by atoms with van der Waals surface area (Å²) in [5.74, 6) is 3.22. The van der Waals surface area contributed by atoms with Gasteiger partial charge in [0.25, 0.3) is 0 Å². The standard InChI is InChI=1S/C16H25/c1-13(2)12-15(4)14(3)10-11-16-8-6-5-7-9-16/h5-9,13,15H,10-12H2,1-4H3. The summed E-state index contributed by atoms with van der Waals surface area (Å²) in [7, 11) is 0. The Bertz CT molecular complexity index is 273. The van der Waals surface area contributed by atoms with Crippen LogP contribution in [0.15, 0.2) is 30.3 Å². The average molecular weight is 217 g/mol. The van der Waals surface area contributed by atoms with Crippen LogP contribution in [-0.4, -0.2) is 0 Å². The molecule has 0 nitrogen and oxygen atoms in total. The third-order valence-corrected chi connectivity index (χ3v) is 3.32. The first-order valence-electron chi connectivity index (χ1n) is 6.46. The predicted molar refractivity (Wildman–Crippen MR) is 72.3 cm³/mol. The topological polar surface area (TPSA) is 0 Å². The number of rotatable bonds is 6. The molecule has 0 aliphatic heterocycles. The third kappa shape index (κ3) is 4.83. The second-order valence-corrected chi connectivity index (χ2v) is 5.36. The van der Waals surface area contributed by atoms with E-state index in [1.54, 1.807) is 5.92 Å². The van der Waals surface area contributed by atoms with Gasteiger partial charge in [0.2, 0.25) is 0 Å². The molecule has 0 aromatic heterocycles. The lowest BCUT2D eigenvalue weighted by atomic mass is 9.85. The Hall–Kier alpha value is -0.780. The monoisotopic (exact) mass is 217 g/mol. The molecular formula is C16H25. The summed E-state index contributed by atoms with van der Waals surface area (Å²) in [6, 6.07) is 10.8. The van der Waals surface area contributed by atoms with Crippen molar-refractivity contribution in [3.63, 3.8) is 0 Å². The van der Waals surface area contributed by atoms with Gasteiger partial charge < -0.3 is 0 Å². The molecule has 0 N–H and O–H groups in total. The van der Waals surface area contributed by atoms with Crippen LogP contribution >= 0.6 is 0 Å². The van der Waals surface area contributed by atoms with Crippen LogP contribution in [0.2, 0.25) is 0 Å². The Morgan fingerprint density at radius 2 is 1.69 bits per heavy atom. The van der Waals surface area contributed by atoms with E-state index in [2.05, 4.69) is 58.0 Å². The molecule has 0 heteroatoms. The second kappa shape index (κ2) is 6.73. The second-order valence-electron chi connectivity index (χ2n) is 5.36. The van der Waals surface area contributed by atoms with Crippen molar-refractivity contribution in [2.75, 3.05) is 0 Å². The van der Waals surface area contributed by atoms with E-state index in [0.717, 1.165) is 11.8 Å². The molecule has 0 aliphatic rings. The van der Waals surface area contributed by atoms with E-state index in [-0.39, 0.29) is 0 Å². The number of benzene rings is 1. The first-order chi connectivity index (χ1) is 7.59. The van der Waals surface area contributed by atoms with Crippen LogP contribution in [0.3, 0.4) is 0 Å². The van der Waals surface area contributed by atoms with Gasteiger partial charge >= 0.3 is 0 Å². The molecule has 1 rings (SSSR count). The Morgan fingerprint density at radius 3 is 2.25 bits per heavy atom. The SMILES string of the molecule is C[C](CCc1ccccc1)C(C)CC(C)C. The molecular weight excluding hydrogens is 192 g/mol. The highest BCUT2D eigenvalue weighted by Gasteiger charge is 2.13. The molecule has 1 aromatic carbocycles. The van der Waals surface area contributed by atoms with Gasteiger partial charge in [0.15, 0.2) is 0 Å². The van der Waals surface area contributed by atoms with Gasteiger partial charge in [-0.25, -0.2) is 0 Å². The highest BCUT2D eigenvalue weighted by Crippen LogP contribution is 2.25. The van der Waals surface area contributed by atoms with Gasteiger partial charge in [-0.15, -0.1) is 0 Å². The van der Waals surface area contributed by atoms with E-state index in [1.807, 2.05) is 0 Å². The highest BCUT2D eigenvalue weighted by atomic mass is 14.2. The number of hydrogen-bond acceptors (Lipinski definition) is 0. The first-order valence-corrected chi connectivity index (χ1v) is 6.46.